The summed E-state index contributed by atoms with van der Waals surface area (Å²) < 4.78 is 0. The number of hydrogen-bond donors (Lipinski definition) is 2. The van der Waals surface area contributed by atoms with Gasteiger partial charge in [-0.3, -0.25) is 9.78 Å². The van der Waals surface area contributed by atoms with Crippen LogP contribution in [0.4, 0.5) is 0 Å². The van der Waals surface area contributed by atoms with E-state index in [-0.39, 0.29) is 5.91 Å². The first-order valence-electron chi connectivity index (χ1n) is 5.09. The molecule has 1 amide bonds. The van der Waals surface area contributed by atoms with Gasteiger partial charge in [0, 0.05) is 6.20 Å². The second kappa shape index (κ2) is 5.46. The van der Waals surface area contributed by atoms with E-state index >= 15 is 0 Å². The quantitative estimate of drug-likeness (QED) is 0.765. The lowest BCUT2D eigenvalue weighted by molar-refractivity contribution is -0.122. The molecule has 0 saturated heterocycles. The molecule has 1 rings (SSSR count). The van der Waals surface area contributed by atoms with Gasteiger partial charge in [0.2, 0.25) is 5.91 Å². The Morgan fingerprint density at radius 3 is 3.00 bits per heavy atom. The van der Waals surface area contributed by atoms with Gasteiger partial charge in [0.15, 0.2) is 0 Å². The van der Waals surface area contributed by atoms with Gasteiger partial charge in [-0.1, -0.05) is 13.0 Å². The van der Waals surface area contributed by atoms with Crippen molar-refractivity contribution < 1.29 is 4.79 Å². The first-order valence-corrected chi connectivity index (χ1v) is 5.09. The van der Waals surface area contributed by atoms with E-state index < -0.39 is 6.04 Å². The summed E-state index contributed by atoms with van der Waals surface area (Å²) in [7, 11) is 0. The lowest BCUT2D eigenvalue weighted by Crippen LogP contribution is -2.39. The molecule has 0 saturated carbocycles. The zero-order chi connectivity index (χ0) is 11.3. The third kappa shape index (κ3) is 3.32. The molecule has 1 aromatic heterocycles. The van der Waals surface area contributed by atoms with Gasteiger partial charge in [-0.05, 0) is 25.0 Å². The summed E-state index contributed by atoms with van der Waals surface area (Å²) >= 11 is 0. The van der Waals surface area contributed by atoms with E-state index in [1.165, 1.54) is 0 Å². The van der Waals surface area contributed by atoms with Gasteiger partial charge in [-0.25, -0.2) is 0 Å². The van der Waals surface area contributed by atoms with Crippen LogP contribution in [0.15, 0.2) is 18.3 Å². The number of nitrogens with zero attached hydrogens (tertiary/aromatic N) is 1. The molecule has 15 heavy (non-hydrogen) atoms. The smallest absolute Gasteiger partial charge is 0.237 e. The summed E-state index contributed by atoms with van der Waals surface area (Å²) in [5.74, 6) is -0.123. The van der Waals surface area contributed by atoms with Crippen LogP contribution in [-0.2, 0) is 11.3 Å². The third-order valence-electron chi connectivity index (χ3n) is 2.32. The molecule has 0 fully saturated rings. The molecular weight excluding hydrogens is 190 g/mol. The van der Waals surface area contributed by atoms with Crippen molar-refractivity contribution in [3.63, 3.8) is 0 Å². The zero-order valence-electron chi connectivity index (χ0n) is 9.16. The average molecular weight is 207 g/mol. The molecule has 0 radical (unpaired) electrons. The molecule has 0 aromatic carbocycles. The minimum atomic E-state index is -0.422. The Balaban J connectivity index is 2.51. The fourth-order valence-electron chi connectivity index (χ4n) is 1.19. The van der Waals surface area contributed by atoms with Gasteiger partial charge in [-0.2, -0.15) is 0 Å². The predicted molar refractivity (Wildman–Crippen MR) is 59.1 cm³/mol. The number of aryl methyl sites for hydroxylation is 1. The minimum absolute atomic E-state index is 0.123. The number of hydrogen-bond acceptors (Lipinski definition) is 3. The number of nitrogens with one attached hydrogen (secondary N) is 1. The molecule has 4 nitrogen and oxygen atoms in total. The number of rotatable bonds is 4. The Bertz CT molecular complexity index is 338. The van der Waals surface area contributed by atoms with Crippen molar-refractivity contribution in [3.05, 3.63) is 29.6 Å². The van der Waals surface area contributed by atoms with Gasteiger partial charge in [-0.15, -0.1) is 0 Å². The van der Waals surface area contributed by atoms with Crippen LogP contribution in [0.5, 0.6) is 0 Å². The van der Waals surface area contributed by atoms with Gasteiger partial charge in [0.05, 0.1) is 18.3 Å². The van der Waals surface area contributed by atoms with Crippen molar-refractivity contribution in [2.24, 2.45) is 5.73 Å². The molecule has 0 aliphatic carbocycles. The van der Waals surface area contributed by atoms with Gasteiger partial charge < -0.3 is 11.1 Å². The monoisotopic (exact) mass is 207 g/mol. The molecule has 0 bridgehead atoms. The van der Waals surface area contributed by atoms with Crippen molar-refractivity contribution in [1.29, 1.82) is 0 Å². The van der Waals surface area contributed by atoms with Crippen molar-refractivity contribution in [3.8, 4) is 0 Å². The Hall–Kier alpha value is -1.42. The normalized spacial score (nSPS) is 12.2. The Kier molecular flexibility index (Phi) is 4.24. The van der Waals surface area contributed by atoms with E-state index in [0.29, 0.717) is 13.0 Å². The lowest BCUT2D eigenvalue weighted by atomic mass is 10.2. The molecule has 0 spiro atoms. The Labute approximate surface area is 89.9 Å². The average Bonchev–Trinajstić information content (AvgIpc) is 2.26. The molecule has 0 aliphatic rings. The second-order valence-corrected chi connectivity index (χ2v) is 3.50. The minimum Gasteiger partial charge on any atom is -0.349 e. The van der Waals surface area contributed by atoms with E-state index in [4.69, 9.17) is 5.73 Å². The Morgan fingerprint density at radius 1 is 1.67 bits per heavy atom. The molecule has 1 heterocycles. The SMILES string of the molecule is CC[C@H](N)C(=O)NCc1ncccc1C. The molecule has 1 atom stereocenters. The van der Waals surface area contributed by atoms with E-state index in [9.17, 15) is 4.79 Å². The maximum absolute atomic E-state index is 11.4. The summed E-state index contributed by atoms with van der Waals surface area (Å²) in [6, 6.07) is 3.42. The standard InChI is InChI=1S/C11H17N3O/c1-3-9(12)11(15)14-7-10-8(2)5-4-6-13-10/h4-6,9H,3,7,12H2,1-2H3,(H,14,15)/t9-/m0/s1. The summed E-state index contributed by atoms with van der Waals surface area (Å²) in [6.45, 7) is 4.30. The molecular formula is C11H17N3O. The van der Waals surface area contributed by atoms with Crippen LogP contribution in [-0.4, -0.2) is 16.9 Å². The molecule has 0 unspecified atom stereocenters. The predicted octanol–water partition coefficient (Wildman–Crippen LogP) is 0.744. The molecule has 3 N–H and O–H groups in total. The summed E-state index contributed by atoms with van der Waals surface area (Å²) in [6.07, 6.45) is 2.36. The van der Waals surface area contributed by atoms with Crippen LogP contribution in [0.3, 0.4) is 0 Å². The fraction of sp³-hybridized carbons (Fsp3) is 0.455. The largest absolute Gasteiger partial charge is 0.349 e. The number of pyridine rings is 1. The summed E-state index contributed by atoms with van der Waals surface area (Å²) in [5, 5.41) is 2.76. The molecule has 4 heteroatoms. The number of carbonyl (C=O) groups excluding carboxylic acids is 1. The summed E-state index contributed by atoms with van der Waals surface area (Å²) in [5.41, 5.74) is 7.54. The highest BCUT2D eigenvalue weighted by Gasteiger charge is 2.10. The number of amides is 1. The molecule has 82 valence electrons. The topological polar surface area (TPSA) is 68.0 Å². The molecule has 1 aromatic rings. The van der Waals surface area contributed by atoms with Crippen LogP contribution >= 0.6 is 0 Å². The van der Waals surface area contributed by atoms with E-state index in [1.807, 2.05) is 26.0 Å². The van der Waals surface area contributed by atoms with Crippen molar-refractivity contribution in [2.45, 2.75) is 32.9 Å². The summed E-state index contributed by atoms with van der Waals surface area (Å²) in [4.78, 5) is 15.6. The highest BCUT2D eigenvalue weighted by Crippen LogP contribution is 2.02. The Morgan fingerprint density at radius 2 is 2.40 bits per heavy atom. The van der Waals surface area contributed by atoms with E-state index in [1.54, 1.807) is 6.20 Å². The van der Waals surface area contributed by atoms with Crippen LogP contribution in [0.1, 0.15) is 24.6 Å². The molecule has 0 aliphatic heterocycles. The van der Waals surface area contributed by atoms with E-state index in [2.05, 4.69) is 10.3 Å². The van der Waals surface area contributed by atoms with Gasteiger partial charge in [0.25, 0.3) is 0 Å². The first kappa shape index (κ1) is 11.7. The van der Waals surface area contributed by atoms with Crippen LogP contribution in [0.25, 0.3) is 0 Å². The van der Waals surface area contributed by atoms with E-state index in [0.717, 1.165) is 11.3 Å². The van der Waals surface area contributed by atoms with Crippen LogP contribution in [0.2, 0.25) is 0 Å². The maximum Gasteiger partial charge on any atom is 0.237 e. The number of carbonyl (C=O) groups is 1. The fourth-order valence-corrected chi connectivity index (χ4v) is 1.19. The highest BCUT2D eigenvalue weighted by molar-refractivity contribution is 5.81. The third-order valence-corrected chi connectivity index (χ3v) is 2.32. The van der Waals surface area contributed by atoms with Crippen molar-refractivity contribution in [2.75, 3.05) is 0 Å². The zero-order valence-corrected chi connectivity index (χ0v) is 9.16. The van der Waals surface area contributed by atoms with Crippen LogP contribution in [0, 0.1) is 6.92 Å². The van der Waals surface area contributed by atoms with Crippen molar-refractivity contribution >= 4 is 5.91 Å². The first-order chi connectivity index (χ1) is 7.15. The van der Waals surface area contributed by atoms with Gasteiger partial charge >= 0.3 is 0 Å². The van der Waals surface area contributed by atoms with Gasteiger partial charge in [0.1, 0.15) is 0 Å². The number of aromatic nitrogens is 1. The number of nitrogens with two attached hydrogens (primary N) is 1. The van der Waals surface area contributed by atoms with Crippen molar-refractivity contribution in [1.82, 2.24) is 10.3 Å². The highest BCUT2D eigenvalue weighted by atomic mass is 16.2. The maximum atomic E-state index is 11.4. The lowest BCUT2D eigenvalue weighted by Gasteiger charge is -2.10. The second-order valence-electron chi connectivity index (χ2n) is 3.50. The van der Waals surface area contributed by atoms with Crippen LogP contribution < -0.4 is 11.1 Å².